The van der Waals surface area contributed by atoms with Crippen molar-refractivity contribution in [3.63, 3.8) is 0 Å². The maximum absolute atomic E-state index is 12.4. The van der Waals surface area contributed by atoms with E-state index in [4.69, 9.17) is 4.74 Å². The summed E-state index contributed by atoms with van der Waals surface area (Å²) in [4.78, 5) is 41.7. The van der Waals surface area contributed by atoms with Gasteiger partial charge in [0.2, 0.25) is 5.91 Å². The van der Waals surface area contributed by atoms with Gasteiger partial charge < -0.3 is 14.5 Å². The second kappa shape index (κ2) is 8.57. The van der Waals surface area contributed by atoms with Crippen LogP contribution in [0.15, 0.2) is 18.2 Å². The van der Waals surface area contributed by atoms with Gasteiger partial charge in [0.05, 0.1) is 5.52 Å². The Balaban J connectivity index is 1.46. The first-order valence-electron chi connectivity index (χ1n) is 11.3. The van der Waals surface area contributed by atoms with E-state index in [0.717, 1.165) is 42.5 Å². The highest BCUT2D eigenvalue weighted by molar-refractivity contribution is 6.09. The van der Waals surface area contributed by atoms with E-state index in [9.17, 15) is 14.4 Å². The van der Waals surface area contributed by atoms with Crippen LogP contribution >= 0.6 is 0 Å². The van der Waals surface area contributed by atoms with Gasteiger partial charge in [-0.05, 0) is 51.8 Å². The molecule has 2 fully saturated rings. The number of benzene rings is 1. The van der Waals surface area contributed by atoms with Crippen LogP contribution in [0.4, 0.5) is 21.1 Å². The summed E-state index contributed by atoms with van der Waals surface area (Å²) in [6.45, 7) is 7.59. The number of urea groups is 1. The van der Waals surface area contributed by atoms with Crippen molar-refractivity contribution in [2.24, 2.45) is 7.05 Å². The minimum Gasteiger partial charge on any atom is -0.444 e. The maximum atomic E-state index is 12.4. The zero-order valence-electron chi connectivity index (χ0n) is 19.9. The third kappa shape index (κ3) is 4.74. The summed E-state index contributed by atoms with van der Waals surface area (Å²) < 4.78 is 7.27. The van der Waals surface area contributed by atoms with Crippen molar-refractivity contribution in [1.82, 2.24) is 20.0 Å². The molecule has 2 saturated heterocycles. The first-order valence-corrected chi connectivity index (χ1v) is 11.3. The second-order valence-electron chi connectivity index (χ2n) is 9.71. The molecule has 0 saturated carbocycles. The number of nitrogens with one attached hydrogen (secondary N) is 1. The molecule has 1 aromatic carbocycles. The summed E-state index contributed by atoms with van der Waals surface area (Å²) in [6, 6.07) is 5.81. The Morgan fingerprint density at radius 1 is 1.18 bits per heavy atom. The number of piperidine rings is 1. The number of amides is 4. The van der Waals surface area contributed by atoms with Gasteiger partial charge in [0, 0.05) is 57.3 Å². The number of rotatable bonds is 3. The summed E-state index contributed by atoms with van der Waals surface area (Å²) >= 11 is 0. The molecule has 10 heteroatoms. The molecule has 4 amide bonds. The van der Waals surface area contributed by atoms with Gasteiger partial charge in [-0.25, -0.2) is 9.59 Å². The molecule has 3 heterocycles. The lowest BCUT2D eigenvalue weighted by atomic mass is 10.0. The predicted octanol–water partition coefficient (Wildman–Crippen LogP) is 2.86. The number of carbonyl (C=O) groups excluding carboxylic acids is 3. The molecular weight excluding hydrogens is 424 g/mol. The Morgan fingerprint density at radius 2 is 1.88 bits per heavy atom. The lowest BCUT2D eigenvalue weighted by molar-refractivity contribution is -0.120. The van der Waals surface area contributed by atoms with Gasteiger partial charge in [-0.15, -0.1) is 0 Å². The van der Waals surface area contributed by atoms with Crippen LogP contribution in [0.1, 0.15) is 40.0 Å². The lowest BCUT2D eigenvalue weighted by Gasteiger charge is -2.38. The lowest BCUT2D eigenvalue weighted by Crippen LogP contribution is -2.49. The molecule has 0 radical (unpaired) electrons. The minimum absolute atomic E-state index is 0.142. The van der Waals surface area contributed by atoms with Gasteiger partial charge in [0.25, 0.3) is 0 Å². The van der Waals surface area contributed by atoms with E-state index in [-0.39, 0.29) is 24.5 Å². The van der Waals surface area contributed by atoms with Crippen molar-refractivity contribution in [3.8, 4) is 0 Å². The van der Waals surface area contributed by atoms with E-state index in [1.54, 1.807) is 9.58 Å². The smallest absolute Gasteiger partial charge is 0.410 e. The number of ether oxygens (including phenoxy) is 1. The topological polar surface area (TPSA) is 100 Å². The maximum Gasteiger partial charge on any atom is 0.410 e. The molecule has 0 bridgehead atoms. The molecule has 1 N–H and O–H groups in total. The summed E-state index contributed by atoms with van der Waals surface area (Å²) in [5.74, 6) is 0.293. The number of imide groups is 1. The zero-order valence-corrected chi connectivity index (χ0v) is 19.9. The minimum atomic E-state index is -0.506. The number of nitrogens with zero attached hydrogens (tertiary/aromatic N) is 5. The van der Waals surface area contributed by atoms with Gasteiger partial charge in [-0.3, -0.25) is 19.7 Å². The van der Waals surface area contributed by atoms with E-state index in [2.05, 4.69) is 21.4 Å². The number of hydrogen-bond acceptors (Lipinski definition) is 6. The van der Waals surface area contributed by atoms with Crippen molar-refractivity contribution in [3.05, 3.63) is 18.2 Å². The van der Waals surface area contributed by atoms with Crippen LogP contribution in [-0.2, 0) is 16.6 Å². The number of aryl methyl sites for hydroxylation is 1. The average Bonchev–Trinajstić information content (AvgIpc) is 3.08. The predicted molar refractivity (Wildman–Crippen MR) is 125 cm³/mol. The number of carbonyl (C=O) groups is 3. The molecule has 2 aromatic rings. The van der Waals surface area contributed by atoms with Crippen LogP contribution in [0, 0.1) is 0 Å². The zero-order chi connectivity index (χ0) is 23.9. The summed E-state index contributed by atoms with van der Waals surface area (Å²) in [5.41, 5.74) is 1.49. The average molecular weight is 457 g/mol. The van der Waals surface area contributed by atoms with Crippen LogP contribution in [-0.4, -0.2) is 71.0 Å². The second-order valence-corrected chi connectivity index (χ2v) is 9.71. The molecule has 0 atom stereocenters. The van der Waals surface area contributed by atoms with Gasteiger partial charge >= 0.3 is 12.1 Å². The first kappa shape index (κ1) is 22.9. The third-order valence-electron chi connectivity index (χ3n) is 6.18. The molecule has 4 rings (SSSR count). The molecule has 1 aromatic heterocycles. The monoisotopic (exact) mass is 456 g/mol. The number of fused-ring (bicyclic) bond motifs is 1. The highest BCUT2D eigenvalue weighted by atomic mass is 16.6. The van der Waals surface area contributed by atoms with Crippen LogP contribution in [0.2, 0.25) is 0 Å². The van der Waals surface area contributed by atoms with Crippen molar-refractivity contribution in [1.29, 1.82) is 0 Å². The molecule has 0 unspecified atom stereocenters. The van der Waals surface area contributed by atoms with Gasteiger partial charge in [0.1, 0.15) is 5.60 Å². The summed E-state index contributed by atoms with van der Waals surface area (Å²) in [6.07, 6.45) is 1.68. The Labute approximate surface area is 193 Å². The van der Waals surface area contributed by atoms with Crippen molar-refractivity contribution in [2.45, 2.75) is 51.7 Å². The van der Waals surface area contributed by atoms with Crippen LogP contribution < -0.4 is 15.1 Å². The number of hydrogen-bond donors (Lipinski definition) is 1. The van der Waals surface area contributed by atoms with Crippen LogP contribution in [0.3, 0.4) is 0 Å². The highest BCUT2D eigenvalue weighted by Gasteiger charge is 2.30. The van der Waals surface area contributed by atoms with Crippen molar-refractivity contribution >= 4 is 40.4 Å². The number of aromatic nitrogens is 2. The normalized spacial score (nSPS) is 18.0. The van der Waals surface area contributed by atoms with Gasteiger partial charge in [-0.2, -0.15) is 5.10 Å². The van der Waals surface area contributed by atoms with Crippen molar-refractivity contribution < 1.29 is 19.1 Å². The van der Waals surface area contributed by atoms with Crippen molar-refractivity contribution in [2.75, 3.05) is 36.5 Å². The van der Waals surface area contributed by atoms with Gasteiger partial charge in [-0.1, -0.05) is 0 Å². The largest absolute Gasteiger partial charge is 0.444 e. The molecule has 10 nitrogen and oxygen atoms in total. The third-order valence-corrected chi connectivity index (χ3v) is 6.18. The van der Waals surface area contributed by atoms with Gasteiger partial charge in [0.15, 0.2) is 5.82 Å². The Morgan fingerprint density at radius 3 is 2.52 bits per heavy atom. The fourth-order valence-corrected chi connectivity index (χ4v) is 4.38. The standard InChI is InChI=1S/C23H32N6O4/c1-23(2,3)33-22(32)26(4)15-8-11-28(12-9-15)16-6-7-17-18(14-16)27(5)25-20(17)29-13-10-19(30)24-21(29)31/h6-7,14-15H,8-13H2,1-5H3,(H,24,30,31). The molecule has 33 heavy (non-hydrogen) atoms. The molecular formula is C23H32N6O4. The van der Waals surface area contributed by atoms with E-state index in [0.29, 0.717) is 12.4 Å². The fraction of sp³-hybridized carbons (Fsp3) is 0.565. The highest BCUT2D eigenvalue weighted by Crippen LogP contribution is 2.31. The van der Waals surface area contributed by atoms with E-state index in [1.165, 1.54) is 4.90 Å². The van der Waals surface area contributed by atoms with Crippen LogP contribution in [0.25, 0.3) is 10.9 Å². The summed E-state index contributed by atoms with van der Waals surface area (Å²) in [5, 5.41) is 7.77. The molecule has 2 aliphatic heterocycles. The van der Waals surface area contributed by atoms with E-state index < -0.39 is 11.6 Å². The SMILES string of the molecule is CN(C(=O)OC(C)(C)C)C1CCN(c2ccc3c(N4CCC(=O)NC4=O)nn(C)c3c2)CC1. The molecule has 0 spiro atoms. The molecule has 0 aliphatic carbocycles. The molecule has 2 aliphatic rings. The fourth-order valence-electron chi connectivity index (χ4n) is 4.38. The quantitative estimate of drug-likeness (QED) is 0.762. The number of anilines is 2. The Bertz CT molecular complexity index is 1080. The molecule has 178 valence electrons. The first-order chi connectivity index (χ1) is 15.5. The summed E-state index contributed by atoms with van der Waals surface area (Å²) in [7, 11) is 3.66. The van der Waals surface area contributed by atoms with E-state index >= 15 is 0 Å². The van der Waals surface area contributed by atoms with E-state index in [1.807, 2.05) is 47.0 Å². The van der Waals surface area contributed by atoms with Crippen LogP contribution in [0.5, 0.6) is 0 Å². The Kier molecular flexibility index (Phi) is 5.94. The Hall–Kier alpha value is -3.30.